The van der Waals surface area contributed by atoms with Gasteiger partial charge in [0.25, 0.3) is 0 Å². The smallest absolute Gasteiger partial charge is 0.249 e. The van der Waals surface area contributed by atoms with Gasteiger partial charge in [0, 0.05) is 12.6 Å². The van der Waals surface area contributed by atoms with Crippen molar-refractivity contribution in [3.63, 3.8) is 0 Å². The lowest BCUT2D eigenvalue weighted by molar-refractivity contribution is -0.138. The van der Waals surface area contributed by atoms with E-state index in [1.54, 1.807) is 0 Å². The van der Waals surface area contributed by atoms with Crippen LogP contribution in [-0.4, -0.2) is 35.9 Å². The second kappa shape index (κ2) is 7.85. The lowest BCUT2D eigenvalue weighted by Gasteiger charge is -2.29. The fraction of sp³-hybridized carbons (Fsp3) is 0.933. The normalized spacial score (nSPS) is 28.5. The molecule has 1 aliphatic carbocycles. The Morgan fingerprint density at radius 1 is 1.37 bits per heavy atom. The second-order valence-electron chi connectivity index (χ2n) is 6.13. The van der Waals surface area contributed by atoms with E-state index in [0.717, 1.165) is 12.8 Å². The van der Waals surface area contributed by atoms with Crippen LogP contribution in [0.2, 0.25) is 0 Å². The molecule has 0 radical (unpaired) electrons. The van der Waals surface area contributed by atoms with Gasteiger partial charge < -0.3 is 15.2 Å². The Morgan fingerprint density at radius 3 is 2.63 bits per heavy atom. The Hall–Kier alpha value is -0.610. The van der Waals surface area contributed by atoms with Crippen molar-refractivity contribution in [2.45, 2.75) is 71.6 Å². The standard InChI is InChI=1S/C15H29NO3/c1-10-6-5-7-14(8-10)19-13(4)15(18)16-12(3)11(2)9-17/h10-14,17H,5-9H2,1-4H3,(H,16,18). The average molecular weight is 271 g/mol. The summed E-state index contributed by atoms with van der Waals surface area (Å²) in [6, 6.07) is -0.0335. The number of carbonyl (C=O) groups is 1. The molecule has 0 aromatic carbocycles. The van der Waals surface area contributed by atoms with Crippen molar-refractivity contribution in [1.82, 2.24) is 5.32 Å². The van der Waals surface area contributed by atoms with E-state index in [1.165, 1.54) is 12.8 Å². The molecule has 5 unspecified atom stereocenters. The molecule has 0 aliphatic heterocycles. The third-order valence-corrected chi connectivity index (χ3v) is 4.17. The fourth-order valence-corrected chi connectivity index (χ4v) is 2.49. The third-order valence-electron chi connectivity index (χ3n) is 4.17. The van der Waals surface area contributed by atoms with E-state index < -0.39 is 6.10 Å². The van der Waals surface area contributed by atoms with Gasteiger partial charge >= 0.3 is 0 Å². The predicted molar refractivity (Wildman–Crippen MR) is 75.8 cm³/mol. The van der Waals surface area contributed by atoms with E-state index in [1.807, 2.05) is 20.8 Å². The molecule has 0 bridgehead atoms. The van der Waals surface area contributed by atoms with Crippen LogP contribution in [0.1, 0.15) is 53.4 Å². The molecule has 0 saturated heterocycles. The Balaban J connectivity index is 2.35. The Kier molecular flexibility index (Phi) is 6.80. The van der Waals surface area contributed by atoms with E-state index in [2.05, 4.69) is 12.2 Å². The van der Waals surface area contributed by atoms with E-state index in [-0.39, 0.29) is 30.6 Å². The van der Waals surface area contributed by atoms with Crippen LogP contribution in [0.25, 0.3) is 0 Å². The molecule has 19 heavy (non-hydrogen) atoms. The largest absolute Gasteiger partial charge is 0.396 e. The molecular formula is C15H29NO3. The summed E-state index contributed by atoms with van der Waals surface area (Å²) >= 11 is 0. The molecule has 0 heterocycles. The monoisotopic (exact) mass is 271 g/mol. The zero-order valence-corrected chi connectivity index (χ0v) is 12.7. The van der Waals surface area contributed by atoms with Gasteiger partial charge in [-0.2, -0.15) is 0 Å². The van der Waals surface area contributed by atoms with Crippen molar-refractivity contribution in [2.75, 3.05) is 6.61 Å². The van der Waals surface area contributed by atoms with Crippen molar-refractivity contribution in [3.8, 4) is 0 Å². The summed E-state index contributed by atoms with van der Waals surface area (Å²) in [5, 5.41) is 12.0. The van der Waals surface area contributed by atoms with Crippen LogP contribution < -0.4 is 5.32 Å². The molecule has 112 valence electrons. The van der Waals surface area contributed by atoms with E-state index >= 15 is 0 Å². The first-order valence-corrected chi connectivity index (χ1v) is 7.50. The van der Waals surface area contributed by atoms with Crippen LogP contribution in [0.3, 0.4) is 0 Å². The number of aliphatic hydroxyl groups is 1. The highest BCUT2D eigenvalue weighted by molar-refractivity contribution is 5.80. The molecule has 5 atom stereocenters. The lowest BCUT2D eigenvalue weighted by atomic mass is 9.88. The first kappa shape index (κ1) is 16.4. The van der Waals surface area contributed by atoms with Crippen molar-refractivity contribution in [2.24, 2.45) is 11.8 Å². The zero-order chi connectivity index (χ0) is 14.4. The van der Waals surface area contributed by atoms with Gasteiger partial charge in [-0.1, -0.05) is 26.7 Å². The maximum absolute atomic E-state index is 12.0. The number of aliphatic hydroxyl groups excluding tert-OH is 1. The van der Waals surface area contributed by atoms with Gasteiger partial charge in [0.1, 0.15) is 6.10 Å². The minimum atomic E-state index is -0.413. The van der Waals surface area contributed by atoms with Crippen molar-refractivity contribution in [3.05, 3.63) is 0 Å². The minimum absolute atomic E-state index is 0.0335. The molecule has 0 spiro atoms. The van der Waals surface area contributed by atoms with Crippen molar-refractivity contribution < 1.29 is 14.6 Å². The molecule has 1 amide bonds. The highest BCUT2D eigenvalue weighted by atomic mass is 16.5. The number of hydrogen-bond donors (Lipinski definition) is 2. The van der Waals surface area contributed by atoms with Gasteiger partial charge in [0.05, 0.1) is 6.10 Å². The summed E-state index contributed by atoms with van der Waals surface area (Å²) < 4.78 is 5.86. The Morgan fingerprint density at radius 2 is 2.05 bits per heavy atom. The minimum Gasteiger partial charge on any atom is -0.396 e. The molecule has 1 fully saturated rings. The van der Waals surface area contributed by atoms with Crippen molar-refractivity contribution in [1.29, 1.82) is 0 Å². The maximum atomic E-state index is 12.0. The molecule has 1 aliphatic rings. The van der Waals surface area contributed by atoms with Gasteiger partial charge in [-0.05, 0) is 38.5 Å². The first-order valence-electron chi connectivity index (χ1n) is 7.50. The highest BCUT2D eigenvalue weighted by Crippen LogP contribution is 2.26. The van der Waals surface area contributed by atoms with Crippen molar-refractivity contribution >= 4 is 5.91 Å². The molecule has 1 rings (SSSR count). The topological polar surface area (TPSA) is 58.6 Å². The molecule has 4 nitrogen and oxygen atoms in total. The van der Waals surface area contributed by atoms with Crippen LogP contribution in [-0.2, 0) is 9.53 Å². The van der Waals surface area contributed by atoms with Crippen LogP contribution in [0, 0.1) is 11.8 Å². The van der Waals surface area contributed by atoms with Gasteiger partial charge in [0.15, 0.2) is 0 Å². The SMILES string of the molecule is CC1CCCC(OC(C)C(=O)NC(C)C(C)CO)C1. The summed E-state index contributed by atoms with van der Waals surface area (Å²) in [6.07, 6.45) is 4.38. The molecule has 1 saturated carbocycles. The van der Waals surface area contributed by atoms with Gasteiger partial charge in [-0.25, -0.2) is 0 Å². The molecule has 2 N–H and O–H groups in total. The Labute approximate surface area is 116 Å². The number of hydrogen-bond acceptors (Lipinski definition) is 3. The van der Waals surface area contributed by atoms with Crippen LogP contribution >= 0.6 is 0 Å². The quantitative estimate of drug-likeness (QED) is 0.778. The molecular weight excluding hydrogens is 242 g/mol. The third kappa shape index (κ3) is 5.49. The van der Waals surface area contributed by atoms with E-state index in [9.17, 15) is 4.79 Å². The summed E-state index contributed by atoms with van der Waals surface area (Å²) in [4.78, 5) is 12.0. The molecule has 0 aromatic rings. The average Bonchev–Trinajstić information content (AvgIpc) is 2.37. The number of carbonyl (C=O) groups excluding carboxylic acids is 1. The second-order valence-corrected chi connectivity index (χ2v) is 6.13. The Bertz CT molecular complexity index is 283. The van der Waals surface area contributed by atoms with Crippen LogP contribution in [0.15, 0.2) is 0 Å². The number of ether oxygens (including phenoxy) is 1. The number of amides is 1. The highest BCUT2D eigenvalue weighted by Gasteiger charge is 2.25. The lowest BCUT2D eigenvalue weighted by Crippen LogP contribution is -2.44. The summed E-state index contributed by atoms with van der Waals surface area (Å²) in [7, 11) is 0. The van der Waals surface area contributed by atoms with Crippen LogP contribution in [0.4, 0.5) is 0 Å². The zero-order valence-electron chi connectivity index (χ0n) is 12.7. The fourth-order valence-electron chi connectivity index (χ4n) is 2.49. The number of rotatable bonds is 6. The van der Waals surface area contributed by atoms with Gasteiger partial charge in [-0.15, -0.1) is 0 Å². The summed E-state index contributed by atoms with van der Waals surface area (Å²) in [5.41, 5.74) is 0. The first-order chi connectivity index (χ1) is 8.93. The van der Waals surface area contributed by atoms with Crippen LogP contribution in [0.5, 0.6) is 0 Å². The molecule has 0 aromatic heterocycles. The predicted octanol–water partition coefficient (Wildman–Crippen LogP) is 2.10. The van der Waals surface area contributed by atoms with Gasteiger partial charge in [0.2, 0.25) is 5.91 Å². The maximum Gasteiger partial charge on any atom is 0.249 e. The summed E-state index contributed by atoms with van der Waals surface area (Å²) in [5.74, 6) is 0.680. The number of nitrogens with one attached hydrogen (secondary N) is 1. The summed E-state index contributed by atoms with van der Waals surface area (Å²) in [6.45, 7) is 7.96. The van der Waals surface area contributed by atoms with Gasteiger partial charge in [-0.3, -0.25) is 4.79 Å². The van der Waals surface area contributed by atoms with E-state index in [0.29, 0.717) is 5.92 Å². The molecule has 4 heteroatoms. The van der Waals surface area contributed by atoms with E-state index in [4.69, 9.17) is 9.84 Å².